The average Bonchev–Trinajstić information content (AvgIpc) is 2.97. The maximum atomic E-state index is 13.4. The van der Waals surface area contributed by atoms with Crippen LogP contribution in [0.1, 0.15) is 35.8 Å². The minimum absolute atomic E-state index is 0.136. The molecule has 0 fully saturated rings. The van der Waals surface area contributed by atoms with Gasteiger partial charge in [0.25, 0.3) is 0 Å². The predicted molar refractivity (Wildman–Crippen MR) is 153 cm³/mol. The zero-order chi connectivity index (χ0) is 28.4. The van der Waals surface area contributed by atoms with Crippen molar-refractivity contribution < 1.29 is 33.6 Å². The number of carboxylic acids is 1. The van der Waals surface area contributed by atoms with E-state index in [0.29, 0.717) is 5.56 Å². The van der Waals surface area contributed by atoms with E-state index < -0.39 is 37.9 Å². The van der Waals surface area contributed by atoms with E-state index in [2.05, 4.69) is 5.32 Å². The van der Waals surface area contributed by atoms with Crippen molar-refractivity contribution >= 4 is 30.2 Å². The molecule has 0 heterocycles. The molecular weight excluding hydrogens is 529 g/mol. The molecule has 40 heavy (non-hydrogen) atoms. The third kappa shape index (κ3) is 8.52. The summed E-state index contributed by atoms with van der Waals surface area (Å²) in [5.41, 5.74) is 2.32. The van der Waals surface area contributed by atoms with Gasteiger partial charge in [-0.1, -0.05) is 103 Å². The maximum absolute atomic E-state index is 13.4. The van der Waals surface area contributed by atoms with Crippen LogP contribution in [0.15, 0.2) is 103 Å². The molecule has 8 nitrogen and oxygen atoms in total. The summed E-state index contributed by atoms with van der Waals surface area (Å²) in [6, 6.07) is 31.8. The molecule has 0 aromatic heterocycles. The van der Waals surface area contributed by atoms with Gasteiger partial charge in [-0.05, 0) is 34.7 Å². The molecule has 4 rings (SSSR count). The number of carbonyl (C=O) groups excluding carboxylic acids is 1. The third-order valence-electron chi connectivity index (χ3n) is 6.47. The lowest BCUT2D eigenvalue weighted by Crippen LogP contribution is -2.37. The number of hydrogen-bond acceptors (Lipinski definition) is 5. The highest BCUT2D eigenvalue weighted by atomic mass is 31.2. The van der Waals surface area contributed by atoms with Gasteiger partial charge < -0.3 is 24.8 Å². The molecule has 3 N–H and O–H groups in total. The standard InChI is InChI=1S/C31H32NO7P/c33-29(34)18-17-28(40(36,37)20-19-23-15-16-25-11-7-8-14-27(25)21-23)32-31(35)39-30(26-12-5-2-6-13-26)38-22-24-9-3-1-4-10-24/h1-16,21,28,30H,17-20,22H2,(H,32,35)(H,33,34)(H,36,37). The first-order valence-electron chi connectivity index (χ1n) is 13.0. The summed E-state index contributed by atoms with van der Waals surface area (Å²) in [4.78, 5) is 35.2. The quantitative estimate of drug-likeness (QED) is 0.126. The summed E-state index contributed by atoms with van der Waals surface area (Å²) >= 11 is 0. The van der Waals surface area contributed by atoms with E-state index in [1.54, 1.807) is 24.3 Å². The van der Waals surface area contributed by atoms with Gasteiger partial charge in [0.15, 0.2) is 0 Å². The highest BCUT2D eigenvalue weighted by molar-refractivity contribution is 7.58. The van der Waals surface area contributed by atoms with Gasteiger partial charge in [-0.2, -0.15) is 0 Å². The molecule has 0 spiro atoms. The predicted octanol–water partition coefficient (Wildman–Crippen LogP) is 6.49. The van der Waals surface area contributed by atoms with Crippen molar-refractivity contribution in [3.8, 4) is 0 Å². The van der Waals surface area contributed by atoms with Crippen LogP contribution < -0.4 is 5.32 Å². The van der Waals surface area contributed by atoms with Gasteiger partial charge in [-0.15, -0.1) is 0 Å². The zero-order valence-electron chi connectivity index (χ0n) is 21.9. The fourth-order valence-corrected chi connectivity index (χ4v) is 6.03. The van der Waals surface area contributed by atoms with Gasteiger partial charge in [0.2, 0.25) is 13.7 Å². The summed E-state index contributed by atoms with van der Waals surface area (Å²) in [5.74, 6) is -2.44. The van der Waals surface area contributed by atoms with Crippen molar-refractivity contribution in [3.05, 3.63) is 120 Å². The topological polar surface area (TPSA) is 122 Å². The molecule has 3 unspecified atom stereocenters. The molecule has 0 aliphatic rings. The summed E-state index contributed by atoms with van der Waals surface area (Å²) < 4.78 is 24.9. The molecule has 9 heteroatoms. The molecule has 0 saturated carbocycles. The minimum Gasteiger partial charge on any atom is -0.481 e. The van der Waals surface area contributed by atoms with Crippen LogP contribution in [0.5, 0.6) is 0 Å². The maximum Gasteiger partial charge on any atom is 0.410 e. The smallest absolute Gasteiger partial charge is 0.410 e. The lowest BCUT2D eigenvalue weighted by atomic mass is 10.1. The number of rotatable bonds is 13. The molecule has 0 aliphatic heterocycles. The van der Waals surface area contributed by atoms with Gasteiger partial charge in [0.1, 0.15) is 5.78 Å². The second kappa shape index (κ2) is 13.9. The molecule has 4 aromatic carbocycles. The number of amides is 1. The summed E-state index contributed by atoms with van der Waals surface area (Å²) in [6.45, 7) is 0.167. The first-order chi connectivity index (χ1) is 19.3. The lowest BCUT2D eigenvalue weighted by molar-refractivity contribution is -0.137. The molecule has 0 radical (unpaired) electrons. The summed E-state index contributed by atoms with van der Waals surface area (Å²) in [7, 11) is -4.03. The van der Waals surface area contributed by atoms with E-state index in [1.807, 2.05) is 78.9 Å². The number of aryl methyl sites for hydroxylation is 1. The van der Waals surface area contributed by atoms with Crippen LogP contribution in [0.4, 0.5) is 4.79 Å². The van der Waals surface area contributed by atoms with Crippen molar-refractivity contribution in [1.29, 1.82) is 0 Å². The van der Waals surface area contributed by atoms with Crippen molar-refractivity contribution in [1.82, 2.24) is 5.32 Å². The van der Waals surface area contributed by atoms with Crippen LogP contribution in [0.3, 0.4) is 0 Å². The zero-order valence-corrected chi connectivity index (χ0v) is 22.8. The Bertz CT molecular complexity index is 1460. The average molecular weight is 562 g/mol. The number of hydrogen-bond donors (Lipinski definition) is 3. The van der Waals surface area contributed by atoms with E-state index in [0.717, 1.165) is 21.9 Å². The number of alkyl carbamates (subject to hydrolysis) is 1. The van der Waals surface area contributed by atoms with Crippen molar-refractivity contribution in [3.63, 3.8) is 0 Å². The number of nitrogens with one attached hydrogen (secondary N) is 1. The Hall–Kier alpha value is -3.97. The molecule has 4 aromatic rings. The number of carbonyl (C=O) groups is 2. The molecule has 0 bridgehead atoms. The Morgan fingerprint density at radius 2 is 1.48 bits per heavy atom. The van der Waals surface area contributed by atoms with E-state index in [1.165, 1.54) is 0 Å². The van der Waals surface area contributed by atoms with Crippen LogP contribution in [0.25, 0.3) is 10.8 Å². The highest BCUT2D eigenvalue weighted by Gasteiger charge is 2.33. The Balaban J connectivity index is 1.44. The minimum atomic E-state index is -4.03. The van der Waals surface area contributed by atoms with Crippen LogP contribution >= 0.6 is 7.37 Å². The summed E-state index contributed by atoms with van der Waals surface area (Å²) in [6.07, 6.45) is -2.53. The molecular formula is C31H32NO7P. The van der Waals surface area contributed by atoms with Gasteiger partial charge in [0.05, 0.1) is 6.61 Å². The Kier molecular flexibility index (Phi) is 10.1. The molecule has 0 aliphatic carbocycles. The largest absolute Gasteiger partial charge is 0.481 e. The van der Waals surface area contributed by atoms with Crippen LogP contribution in [0.2, 0.25) is 0 Å². The van der Waals surface area contributed by atoms with Gasteiger partial charge in [-0.3, -0.25) is 9.36 Å². The number of aliphatic carboxylic acids is 1. The van der Waals surface area contributed by atoms with Gasteiger partial charge in [-0.25, -0.2) is 4.79 Å². The summed E-state index contributed by atoms with van der Waals surface area (Å²) in [5, 5.41) is 13.7. The van der Waals surface area contributed by atoms with E-state index in [9.17, 15) is 24.2 Å². The first-order valence-corrected chi connectivity index (χ1v) is 14.9. The van der Waals surface area contributed by atoms with E-state index >= 15 is 0 Å². The molecule has 1 amide bonds. The second-order valence-corrected chi connectivity index (χ2v) is 12.0. The molecule has 208 valence electrons. The Labute approximate surface area is 233 Å². The van der Waals surface area contributed by atoms with Crippen molar-refractivity contribution in [2.24, 2.45) is 0 Å². The van der Waals surface area contributed by atoms with Crippen LogP contribution in [-0.2, 0) is 31.9 Å². The van der Waals surface area contributed by atoms with Crippen molar-refractivity contribution in [2.75, 3.05) is 6.16 Å². The normalized spacial score (nSPS) is 14.1. The van der Waals surface area contributed by atoms with E-state index in [-0.39, 0.29) is 25.6 Å². The van der Waals surface area contributed by atoms with Crippen molar-refractivity contribution in [2.45, 2.75) is 37.9 Å². The highest BCUT2D eigenvalue weighted by Crippen LogP contribution is 2.47. The number of carboxylic acid groups (broad SMARTS) is 1. The third-order valence-corrected chi connectivity index (χ3v) is 8.69. The fourth-order valence-electron chi connectivity index (χ4n) is 4.30. The SMILES string of the molecule is O=C(O)CCC(NC(=O)OC(OCc1ccccc1)c1ccccc1)P(=O)(O)CCc1ccc2ccccc2c1. The van der Waals surface area contributed by atoms with Crippen LogP contribution in [-0.4, -0.2) is 34.0 Å². The van der Waals surface area contributed by atoms with Crippen LogP contribution in [0, 0.1) is 0 Å². The Morgan fingerprint density at radius 3 is 2.17 bits per heavy atom. The number of benzene rings is 4. The Morgan fingerprint density at radius 1 is 0.825 bits per heavy atom. The monoisotopic (exact) mass is 561 g/mol. The fraction of sp³-hybridized carbons (Fsp3) is 0.226. The lowest BCUT2D eigenvalue weighted by Gasteiger charge is -2.25. The molecule has 3 atom stereocenters. The van der Waals surface area contributed by atoms with Gasteiger partial charge >= 0.3 is 12.1 Å². The molecule has 0 saturated heterocycles. The van der Waals surface area contributed by atoms with Gasteiger partial charge in [0, 0.05) is 18.1 Å². The number of fused-ring (bicyclic) bond motifs is 1. The number of ether oxygens (including phenoxy) is 2. The first kappa shape index (κ1) is 29.0. The van der Waals surface area contributed by atoms with E-state index in [4.69, 9.17) is 9.47 Å². The second-order valence-electron chi connectivity index (χ2n) is 9.45.